The second kappa shape index (κ2) is 8.11. The number of pyridine rings is 1. The molecule has 3 rings (SSSR count). The molecular formula is C15H24Cl2N4O. The molecule has 7 heteroatoms. The zero-order valence-corrected chi connectivity index (χ0v) is 14.4. The van der Waals surface area contributed by atoms with Crippen molar-refractivity contribution in [2.45, 2.75) is 38.4 Å². The third-order valence-corrected chi connectivity index (χ3v) is 4.47. The first-order chi connectivity index (χ1) is 9.69. The predicted octanol–water partition coefficient (Wildman–Crippen LogP) is 1.69. The molecule has 2 fully saturated rings. The third-order valence-electron chi connectivity index (χ3n) is 4.47. The van der Waals surface area contributed by atoms with Gasteiger partial charge in [0.15, 0.2) is 0 Å². The molecular weight excluding hydrogens is 323 g/mol. The van der Waals surface area contributed by atoms with Gasteiger partial charge in [-0.3, -0.25) is 14.7 Å². The lowest BCUT2D eigenvalue weighted by atomic mass is 10.1. The topological polar surface area (TPSA) is 62.5 Å². The summed E-state index contributed by atoms with van der Waals surface area (Å²) in [6, 6.07) is 4.42. The molecule has 22 heavy (non-hydrogen) atoms. The Hall–Kier alpha value is -0.880. The summed E-state index contributed by atoms with van der Waals surface area (Å²) in [6.07, 6.45) is 4.14. The molecule has 2 aliphatic heterocycles. The quantitative estimate of drug-likeness (QED) is 0.885. The van der Waals surface area contributed by atoms with Crippen molar-refractivity contribution in [2.24, 2.45) is 5.73 Å². The van der Waals surface area contributed by atoms with E-state index < -0.39 is 0 Å². The van der Waals surface area contributed by atoms with Gasteiger partial charge in [-0.15, -0.1) is 24.8 Å². The third kappa shape index (κ3) is 3.71. The molecule has 2 atom stereocenters. The van der Waals surface area contributed by atoms with Gasteiger partial charge in [-0.25, -0.2) is 0 Å². The average molecular weight is 347 g/mol. The van der Waals surface area contributed by atoms with Crippen LogP contribution in [-0.2, 0) is 6.54 Å². The van der Waals surface area contributed by atoms with E-state index in [-0.39, 0.29) is 36.8 Å². The summed E-state index contributed by atoms with van der Waals surface area (Å²) < 4.78 is 0. The van der Waals surface area contributed by atoms with Gasteiger partial charge in [-0.05, 0) is 38.4 Å². The Labute approximate surface area is 144 Å². The molecule has 0 saturated carbocycles. The van der Waals surface area contributed by atoms with E-state index in [0.717, 1.165) is 18.8 Å². The van der Waals surface area contributed by atoms with Gasteiger partial charge in [-0.1, -0.05) is 0 Å². The summed E-state index contributed by atoms with van der Waals surface area (Å²) in [6.45, 7) is 5.53. The van der Waals surface area contributed by atoms with Gasteiger partial charge in [0.25, 0.3) is 5.91 Å². The Morgan fingerprint density at radius 1 is 1.41 bits per heavy atom. The molecule has 2 unspecified atom stereocenters. The number of rotatable bonds is 2. The van der Waals surface area contributed by atoms with E-state index in [1.54, 1.807) is 12.3 Å². The number of nitrogens with zero attached hydrogens (tertiary/aromatic N) is 3. The lowest BCUT2D eigenvalue weighted by Crippen LogP contribution is -2.56. The van der Waals surface area contributed by atoms with Gasteiger partial charge in [-0.2, -0.15) is 0 Å². The molecule has 2 saturated heterocycles. The Bertz CT molecular complexity index is 514. The van der Waals surface area contributed by atoms with E-state index in [1.807, 2.05) is 11.0 Å². The van der Waals surface area contributed by atoms with Crippen LogP contribution in [0.15, 0.2) is 18.3 Å². The number of halogens is 2. The highest BCUT2D eigenvalue weighted by atomic mass is 35.5. The van der Waals surface area contributed by atoms with Crippen molar-refractivity contribution < 1.29 is 4.79 Å². The minimum Gasteiger partial charge on any atom is -0.333 e. The molecule has 3 heterocycles. The molecule has 0 radical (unpaired) electrons. The van der Waals surface area contributed by atoms with E-state index in [2.05, 4.69) is 16.8 Å². The number of nitrogens with two attached hydrogens (primary N) is 1. The second-order valence-corrected chi connectivity index (χ2v) is 5.84. The van der Waals surface area contributed by atoms with Gasteiger partial charge in [0.2, 0.25) is 0 Å². The number of amides is 1. The van der Waals surface area contributed by atoms with Gasteiger partial charge < -0.3 is 10.6 Å². The normalized spacial score (nSPS) is 24.2. The van der Waals surface area contributed by atoms with Crippen LogP contribution in [0.25, 0.3) is 0 Å². The lowest BCUT2D eigenvalue weighted by Gasteiger charge is -2.42. The van der Waals surface area contributed by atoms with Crippen molar-refractivity contribution in [3.63, 3.8) is 0 Å². The minimum absolute atomic E-state index is 0. The lowest BCUT2D eigenvalue weighted by molar-refractivity contribution is 0.0395. The zero-order chi connectivity index (χ0) is 14.1. The Morgan fingerprint density at radius 2 is 2.18 bits per heavy atom. The predicted molar refractivity (Wildman–Crippen MR) is 91.7 cm³/mol. The number of hydrogen-bond donors (Lipinski definition) is 1. The van der Waals surface area contributed by atoms with Gasteiger partial charge in [0, 0.05) is 43.5 Å². The first-order valence-electron chi connectivity index (χ1n) is 7.39. The van der Waals surface area contributed by atoms with Crippen LogP contribution >= 0.6 is 24.8 Å². The van der Waals surface area contributed by atoms with Crippen molar-refractivity contribution in [3.8, 4) is 0 Å². The van der Waals surface area contributed by atoms with Crippen molar-refractivity contribution in [2.75, 3.05) is 19.6 Å². The molecule has 1 aromatic rings. The molecule has 2 N–H and O–H groups in total. The van der Waals surface area contributed by atoms with E-state index in [4.69, 9.17) is 5.73 Å². The van der Waals surface area contributed by atoms with Crippen molar-refractivity contribution in [3.05, 3.63) is 29.6 Å². The van der Waals surface area contributed by atoms with Crippen molar-refractivity contribution >= 4 is 30.7 Å². The summed E-state index contributed by atoms with van der Waals surface area (Å²) in [7, 11) is 0. The van der Waals surface area contributed by atoms with Crippen LogP contribution in [0.4, 0.5) is 0 Å². The number of fused-ring (bicyclic) bond motifs is 1. The van der Waals surface area contributed by atoms with Gasteiger partial charge in [0.05, 0.1) is 5.69 Å². The molecule has 0 spiro atoms. The molecule has 0 aliphatic carbocycles. The van der Waals surface area contributed by atoms with Crippen LogP contribution in [0.2, 0.25) is 0 Å². The van der Waals surface area contributed by atoms with E-state index in [0.29, 0.717) is 18.2 Å². The number of carbonyl (C=O) groups is 1. The molecule has 1 aromatic heterocycles. The van der Waals surface area contributed by atoms with E-state index in [9.17, 15) is 4.79 Å². The molecule has 2 aliphatic rings. The molecule has 0 aromatic carbocycles. The maximum Gasteiger partial charge on any atom is 0.254 e. The Kier molecular flexibility index (Phi) is 7.06. The highest BCUT2D eigenvalue weighted by molar-refractivity contribution is 5.94. The fraction of sp³-hybridized carbons (Fsp3) is 0.600. The molecule has 5 nitrogen and oxygen atoms in total. The average Bonchev–Trinajstić information content (AvgIpc) is 2.92. The monoisotopic (exact) mass is 346 g/mol. The van der Waals surface area contributed by atoms with Crippen molar-refractivity contribution in [1.82, 2.24) is 14.8 Å². The highest BCUT2D eigenvalue weighted by Crippen LogP contribution is 2.25. The van der Waals surface area contributed by atoms with Crippen LogP contribution in [0.1, 0.15) is 35.8 Å². The first-order valence-corrected chi connectivity index (χ1v) is 7.39. The SMILES string of the molecule is CC1CN2CCCC2CN1C(=O)c1ccnc(CN)c1.Cl.Cl. The second-order valence-electron chi connectivity index (χ2n) is 5.84. The van der Waals surface area contributed by atoms with E-state index in [1.165, 1.54) is 19.4 Å². The number of hydrogen-bond acceptors (Lipinski definition) is 4. The summed E-state index contributed by atoms with van der Waals surface area (Å²) in [4.78, 5) is 21.4. The van der Waals surface area contributed by atoms with Crippen LogP contribution in [0.5, 0.6) is 0 Å². The maximum atomic E-state index is 12.7. The van der Waals surface area contributed by atoms with Crippen LogP contribution in [-0.4, -0.2) is 52.4 Å². The highest BCUT2D eigenvalue weighted by Gasteiger charge is 2.36. The Morgan fingerprint density at radius 3 is 2.91 bits per heavy atom. The number of aromatic nitrogens is 1. The maximum absolute atomic E-state index is 12.7. The first kappa shape index (κ1) is 19.2. The standard InChI is InChI=1S/C15H22N4O.2ClH/c1-11-9-18-6-2-3-14(18)10-19(11)15(20)12-4-5-17-13(7-12)8-16;;/h4-5,7,11,14H,2-3,6,8-10,16H2,1H3;2*1H. The fourth-order valence-electron chi connectivity index (χ4n) is 3.36. The van der Waals surface area contributed by atoms with Crippen LogP contribution in [0, 0.1) is 0 Å². The van der Waals surface area contributed by atoms with Crippen LogP contribution in [0.3, 0.4) is 0 Å². The minimum atomic E-state index is 0. The summed E-state index contributed by atoms with van der Waals surface area (Å²) in [5, 5.41) is 0. The van der Waals surface area contributed by atoms with Gasteiger partial charge in [0.1, 0.15) is 0 Å². The zero-order valence-electron chi connectivity index (χ0n) is 12.8. The van der Waals surface area contributed by atoms with Crippen LogP contribution < -0.4 is 5.73 Å². The Balaban J connectivity index is 0.00000121. The van der Waals surface area contributed by atoms with Gasteiger partial charge >= 0.3 is 0 Å². The summed E-state index contributed by atoms with van der Waals surface area (Å²) >= 11 is 0. The fourth-order valence-corrected chi connectivity index (χ4v) is 3.36. The largest absolute Gasteiger partial charge is 0.333 e. The molecule has 1 amide bonds. The summed E-state index contributed by atoms with van der Waals surface area (Å²) in [5.74, 6) is 0.112. The molecule has 0 bridgehead atoms. The summed E-state index contributed by atoms with van der Waals surface area (Å²) in [5.41, 5.74) is 7.07. The smallest absolute Gasteiger partial charge is 0.254 e. The number of carbonyl (C=O) groups excluding carboxylic acids is 1. The van der Waals surface area contributed by atoms with E-state index >= 15 is 0 Å². The van der Waals surface area contributed by atoms with Crippen molar-refractivity contribution in [1.29, 1.82) is 0 Å². The number of piperazine rings is 1. The molecule has 124 valence electrons.